The Bertz CT molecular complexity index is 550. The Morgan fingerprint density at radius 3 is 2.76 bits per heavy atom. The predicted molar refractivity (Wildman–Crippen MR) is 81.1 cm³/mol. The lowest BCUT2D eigenvalue weighted by Crippen LogP contribution is -2.52. The monoisotopic (exact) mass is 310 g/mol. The summed E-state index contributed by atoms with van der Waals surface area (Å²) in [5.74, 6) is -0.268. The van der Waals surface area contributed by atoms with Gasteiger partial charge in [0, 0.05) is 26.7 Å². The Morgan fingerprint density at radius 2 is 2.05 bits per heavy atom. The third-order valence-corrected chi connectivity index (χ3v) is 3.68. The van der Waals surface area contributed by atoms with E-state index in [4.69, 9.17) is 11.6 Å². The summed E-state index contributed by atoms with van der Waals surface area (Å²) in [5.41, 5.74) is 0.600. The van der Waals surface area contributed by atoms with E-state index in [0.29, 0.717) is 23.8 Å². The fraction of sp³-hybridized carbons (Fsp3) is 0.500. The fourth-order valence-corrected chi connectivity index (χ4v) is 2.22. The average molecular weight is 311 g/mol. The second kappa shape index (κ2) is 6.76. The molecular formula is C14H19ClN4O2. The van der Waals surface area contributed by atoms with Crippen molar-refractivity contribution in [2.75, 3.05) is 32.0 Å². The van der Waals surface area contributed by atoms with Crippen LogP contribution in [0.4, 0.5) is 5.82 Å². The van der Waals surface area contributed by atoms with Crippen LogP contribution in [0.1, 0.15) is 19.0 Å². The number of halogens is 1. The number of amides is 2. The van der Waals surface area contributed by atoms with Crippen molar-refractivity contribution in [3.05, 3.63) is 22.8 Å². The van der Waals surface area contributed by atoms with Crippen molar-refractivity contribution in [2.24, 2.45) is 0 Å². The van der Waals surface area contributed by atoms with Crippen LogP contribution >= 0.6 is 11.6 Å². The molecule has 0 aromatic carbocycles. The van der Waals surface area contributed by atoms with Crippen molar-refractivity contribution in [2.45, 2.75) is 19.9 Å². The standard InChI is InChI=1S/C14H19ClN4O2/c1-3-6-16-12-5-4-10(15)11(17-12)9-19-8-7-18(2)13(20)14(19)21/h4-5H,3,6-9H2,1-2H3,(H,16,17). The Kier molecular flexibility index (Phi) is 5.01. The van der Waals surface area contributed by atoms with Crippen molar-refractivity contribution in [3.8, 4) is 0 Å². The summed E-state index contributed by atoms with van der Waals surface area (Å²) in [6, 6.07) is 3.56. The maximum atomic E-state index is 12.0. The Morgan fingerprint density at radius 1 is 1.29 bits per heavy atom. The van der Waals surface area contributed by atoms with Gasteiger partial charge in [-0.3, -0.25) is 9.59 Å². The summed E-state index contributed by atoms with van der Waals surface area (Å²) in [6.45, 7) is 4.15. The molecule has 1 aromatic heterocycles. The molecular weight excluding hydrogens is 292 g/mol. The summed E-state index contributed by atoms with van der Waals surface area (Å²) in [5, 5.41) is 3.67. The van der Waals surface area contributed by atoms with E-state index in [1.165, 1.54) is 9.80 Å². The largest absolute Gasteiger partial charge is 0.370 e. The second-order valence-electron chi connectivity index (χ2n) is 5.01. The molecule has 0 radical (unpaired) electrons. The quantitative estimate of drug-likeness (QED) is 0.834. The van der Waals surface area contributed by atoms with Crippen LogP contribution in [-0.4, -0.2) is 53.3 Å². The maximum absolute atomic E-state index is 12.0. The van der Waals surface area contributed by atoms with Gasteiger partial charge in [0.25, 0.3) is 0 Å². The van der Waals surface area contributed by atoms with Crippen LogP contribution in [0.5, 0.6) is 0 Å². The van der Waals surface area contributed by atoms with E-state index in [0.717, 1.165) is 18.8 Å². The fourth-order valence-electron chi connectivity index (χ4n) is 2.05. The van der Waals surface area contributed by atoms with Crippen LogP contribution in [0.3, 0.4) is 0 Å². The van der Waals surface area contributed by atoms with Crippen molar-refractivity contribution in [1.29, 1.82) is 0 Å². The van der Waals surface area contributed by atoms with Crippen LogP contribution in [0, 0.1) is 0 Å². The highest BCUT2D eigenvalue weighted by atomic mass is 35.5. The third kappa shape index (κ3) is 3.64. The first-order chi connectivity index (χ1) is 10.0. The molecule has 2 rings (SSSR count). The first kappa shape index (κ1) is 15.6. The summed E-state index contributed by atoms with van der Waals surface area (Å²) < 4.78 is 0. The summed E-state index contributed by atoms with van der Waals surface area (Å²) >= 11 is 6.14. The van der Waals surface area contributed by atoms with Crippen LogP contribution in [0.25, 0.3) is 0 Å². The lowest BCUT2D eigenvalue weighted by atomic mass is 10.2. The third-order valence-electron chi connectivity index (χ3n) is 3.34. The molecule has 6 nitrogen and oxygen atoms in total. The van der Waals surface area contributed by atoms with Crippen molar-refractivity contribution in [3.63, 3.8) is 0 Å². The second-order valence-corrected chi connectivity index (χ2v) is 5.41. The minimum atomic E-state index is -0.506. The normalized spacial score (nSPS) is 15.6. The number of hydrogen-bond donors (Lipinski definition) is 1. The summed E-state index contributed by atoms with van der Waals surface area (Å²) in [6.07, 6.45) is 0.991. The summed E-state index contributed by atoms with van der Waals surface area (Å²) in [7, 11) is 1.62. The zero-order valence-corrected chi connectivity index (χ0v) is 13.0. The molecule has 1 aromatic rings. The number of hydrogen-bond acceptors (Lipinski definition) is 4. The van der Waals surface area contributed by atoms with Gasteiger partial charge in [-0.25, -0.2) is 4.98 Å². The molecule has 2 amide bonds. The van der Waals surface area contributed by atoms with Crippen molar-refractivity contribution in [1.82, 2.24) is 14.8 Å². The molecule has 0 atom stereocenters. The van der Waals surface area contributed by atoms with Crippen LogP contribution in [0.2, 0.25) is 5.02 Å². The first-order valence-electron chi connectivity index (χ1n) is 6.96. The molecule has 1 N–H and O–H groups in total. The molecule has 0 unspecified atom stereocenters. The van der Waals surface area contributed by atoms with E-state index < -0.39 is 11.8 Å². The highest BCUT2D eigenvalue weighted by Gasteiger charge is 2.30. The predicted octanol–water partition coefficient (Wildman–Crippen LogP) is 1.36. The molecule has 0 saturated carbocycles. The molecule has 7 heteroatoms. The molecule has 0 spiro atoms. The number of likely N-dealkylation sites (N-methyl/N-ethyl adjacent to an activating group) is 1. The highest BCUT2D eigenvalue weighted by Crippen LogP contribution is 2.19. The number of carbonyl (C=O) groups excluding carboxylic acids is 2. The van der Waals surface area contributed by atoms with Crippen LogP contribution < -0.4 is 5.32 Å². The van der Waals surface area contributed by atoms with Gasteiger partial charge in [0.2, 0.25) is 0 Å². The van der Waals surface area contributed by atoms with E-state index in [1.807, 2.05) is 0 Å². The van der Waals surface area contributed by atoms with Crippen molar-refractivity contribution < 1.29 is 9.59 Å². The number of rotatable bonds is 5. The molecule has 21 heavy (non-hydrogen) atoms. The zero-order valence-electron chi connectivity index (χ0n) is 12.2. The van der Waals surface area contributed by atoms with Gasteiger partial charge < -0.3 is 15.1 Å². The Hall–Kier alpha value is -1.82. The number of carbonyl (C=O) groups is 2. The van der Waals surface area contributed by atoms with E-state index in [9.17, 15) is 9.59 Å². The number of nitrogens with one attached hydrogen (secondary N) is 1. The van der Waals surface area contributed by atoms with Gasteiger partial charge in [0.15, 0.2) is 0 Å². The molecule has 0 aliphatic carbocycles. The Balaban J connectivity index is 2.11. The SMILES string of the molecule is CCCNc1ccc(Cl)c(CN2CCN(C)C(=O)C2=O)n1. The molecule has 1 fully saturated rings. The van der Waals surface area contributed by atoms with Crippen molar-refractivity contribution >= 4 is 29.2 Å². The molecule has 1 aliphatic rings. The zero-order chi connectivity index (χ0) is 15.4. The van der Waals surface area contributed by atoms with E-state index in [-0.39, 0.29) is 6.54 Å². The maximum Gasteiger partial charge on any atom is 0.312 e. The first-order valence-corrected chi connectivity index (χ1v) is 7.34. The van der Waals surface area contributed by atoms with Gasteiger partial charge in [-0.1, -0.05) is 18.5 Å². The number of anilines is 1. The number of nitrogens with zero attached hydrogens (tertiary/aromatic N) is 3. The lowest BCUT2D eigenvalue weighted by molar-refractivity contribution is -0.155. The summed E-state index contributed by atoms with van der Waals surface area (Å²) in [4.78, 5) is 31.0. The van der Waals surface area contributed by atoms with Gasteiger partial charge >= 0.3 is 11.8 Å². The molecule has 1 saturated heterocycles. The van der Waals surface area contributed by atoms with Crippen LogP contribution in [0.15, 0.2) is 12.1 Å². The molecule has 2 heterocycles. The van der Waals surface area contributed by atoms with E-state index in [2.05, 4.69) is 17.2 Å². The number of aromatic nitrogens is 1. The average Bonchev–Trinajstić information content (AvgIpc) is 2.48. The smallest absolute Gasteiger partial charge is 0.312 e. The van der Waals surface area contributed by atoms with Gasteiger partial charge in [-0.2, -0.15) is 0 Å². The minimum Gasteiger partial charge on any atom is -0.370 e. The number of piperazine rings is 1. The van der Waals surface area contributed by atoms with E-state index in [1.54, 1.807) is 19.2 Å². The van der Waals surface area contributed by atoms with E-state index >= 15 is 0 Å². The highest BCUT2D eigenvalue weighted by molar-refractivity contribution is 6.35. The molecule has 1 aliphatic heterocycles. The lowest BCUT2D eigenvalue weighted by Gasteiger charge is -2.31. The topological polar surface area (TPSA) is 65.5 Å². The van der Waals surface area contributed by atoms with Crippen LogP contribution in [-0.2, 0) is 16.1 Å². The minimum absolute atomic E-state index is 0.249. The van der Waals surface area contributed by atoms with Gasteiger partial charge in [-0.05, 0) is 18.6 Å². The van der Waals surface area contributed by atoms with Gasteiger partial charge in [0.05, 0.1) is 17.3 Å². The number of pyridine rings is 1. The van der Waals surface area contributed by atoms with Gasteiger partial charge in [0.1, 0.15) is 5.82 Å². The molecule has 0 bridgehead atoms. The van der Waals surface area contributed by atoms with Gasteiger partial charge in [-0.15, -0.1) is 0 Å². The Labute approximate surface area is 129 Å². The molecule has 114 valence electrons.